The summed E-state index contributed by atoms with van der Waals surface area (Å²) in [6.45, 7) is 0. The van der Waals surface area contributed by atoms with E-state index >= 15 is 0 Å². The first-order chi connectivity index (χ1) is 32.3. The molecule has 0 radical (unpaired) electrons. The summed E-state index contributed by atoms with van der Waals surface area (Å²) in [5.74, 6) is 0. The third-order valence-electron chi connectivity index (χ3n) is 16.3. The molecule has 0 bridgehead atoms. The lowest BCUT2D eigenvalue weighted by molar-refractivity contribution is 0.795. The van der Waals surface area contributed by atoms with Crippen molar-refractivity contribution in [2.75, 3.05) is 0 Å². The lowest BCUT2D eigenvalue weighted by Gasteiger charge is -2.31. The molecule has 0 atom stereocenters. The topological polar surface area (TPSA) is 0 Å². The maximum atomic E-state index is 2.67. The molecule has 0 amide bonds. The van der Waals surface area contributed by atoms with Gasteiger partial charge in [-0.25, -0.2) is 0 Å². The van der Waals surface area contributed by atoms with E-state index in [0.717, 1.165) is 25.7 Å². The molecule has 0 unspecified atom stereocenters. The summed E-state index contributed by atoms with van der Waals surface area (Å²) >= 11 is 0. The maximum absolute atomic E-state index is 2.67. The van der Waals surface area contributed by atoms with Gasteiger partial charge in [0, 0.05) is 0 Å². The second kappa shape index (κ2) is 12.3. The Morgan fingerprint density at radius 1 is 0.308 bits per heavy atom. The molecule has 0 fully saturated rings. The summed E-state index contributed by atoms with van der Waals surface area (Å²) < 4.78 is 0. The zero-order valence-electron chi connectivity index (χ0n) is 35.8. The number of hydrogen-bond donors (Lipinski definition) is 0. The van der Waals surface area contributed by atoms with Crippen LogP contribution < -0.4 is 0 Å². The Kier molecular flexibility index (Phi) is 6.54. The molecule has 0 heteroatoms. The van der Waals surface area contributed by atoms with Crippen molar-refractivity contribution >= 4 is 66.4 Å². The highest BCUT2D eigenvalue weighted by molar-refractivity contribution is 6.28. The van der Waals surface area contributed by atoms with Gasteiger partial charge < -0.3 is 0 Å². The van der Waals surface area contributed by atoms with E-state index in [9.17, 15) is 0 Å². The Morgan fingerprint density at radius 3 is 1.28 bits per heavy atom. The van der Waals surface area contributed by atoms with Crippen LogP contribution in [0, 0.1) is 0 Å². The van der Waals surface area contributed by atoms with E-state index < -0.39 is 5.41 Å². The van der Waals surface area contributed by atoms with Crippen LogP contribution in [0.15, 0.2) is 182 Å². The van der Waals surface area contributed by atoms with Crippen molar-refractivity contribution in [2.24, 2.45) is 0 Å². The van der Waals surface area contributed by atoms with Crippen LogP contribution in [-0.2, 0) is 18.3 Å². The molecule has 6 aliphatic carbocycles. The van der Waals surface area contributed by atoms with Gasteiger partial charge in [0.2, 0.25) is 0 Å². The highest BCUT2D eigenvalue weighted by atomic mass is 14.5. The molecule has 0 nitrogen and oxygen atoms in total. The van der Waals surface area contributed by atoms with Crippen molar-refractivity contribution in [3.05, 3.63) is 238 Å². The van der Waals surface area contributed by atoms with E-state index in [1.807, 2.05) is 0 Å². The van der Waals surface area contributed by atoms with Crippen LogP contribution in [0.5, 0.6) is 0 Å². The van der Waals surface area contributed by atoms with Gasteiger partial charge >= 0.3 is 0 Å². The molecular formula is C65H40. The first-order valence-electron chi connectivity index (χ1n) is 23.5. The zero-order chi connectivity index (χ0) is 42.1. The van der Waals surface area contributed by atoms with Crippen LogP contribution in [0.25, 0.3) is 111 Å². The lowest BCUT2D eigenvalue weighted by Crippen LogP contribution is -2.25. The normalized spacial score (nSPS) is 15.9. The first kappa shape index (κ1) is 34.7. The Hall–Kier alpha value is -7.80. The summed E-state index contributed by atoms with van der Waals surface area (Å²) in [5.41, 5.74) is 27.0. The molecule has 0 N–H and O–H groups in total. The molecule has 0 heterocycles. The molecule has 6 aliphatic rings. The van der Waals surface area contributed by atoms with Crippen LogP contribution in [-0.4, -0.2) is 0 Å². The predicted octanol–water partition coefficient (Wildman–Crippen LogP) is 16.7. The number of rotatable bonds is 2. The molecule has 1 spiro atoms. The van der Waals surface area contributed by atoms with E-state index in [-0.39, 0.29) is 0 Å². The van der Waals surface area contributed by atoms with Gasteiger partial charge in [0.15, 0.2) is 0 Å². The zero-order valence-corrected chi connectivity index (χ0v) is 35.8. The maximum Gasteiger partial charge on any atom is 0.0725 e. The molecule has 65 heavy (non-hydrogen) atoms. The molecule has 10 aromatic rings. The third kappa shape index (κ3) is 4.20. The predicted molar refractivity (Wildman–Crippen MR) is 274 cm³/mol. The number of allylic oxidation sites excluding steroid dienone is 6. The molecule has 16 rings (SSSR count). The van der Waals surface area contributed by atoms with Crippen LogP contribution in [0.2, 0.25) is 0 Å². The van der Waals surface area contributed by atoms with Crippen molar-refractivity contribution in [1.82, 2.24) is 0 Å². The summed E-state index contributed by atoms with van der Waals surface area (Å²) in [6, 6.07) is 61.6. The first-order valence-corrected chi connectivity index (χ1v) is 23.5. The number of hydrogen-bond acceptors (Lipinski definition) is 0. The quantitative estimate of drug-likeness (QED) is 0.152. The van der Waals surface area contributed by atoms with Gasteiger partial charge in [-0.05, 0) is 204 Å². The molecule has 0 saturated carbocycles. The molecule has 0 saturated heterocycles. The van der Waals surface area contributed by atoms with Gasteiger partial charge in [0.05, 0.1) is 5.41 Å². The molecule has 300 valence electrons. The molecule has 10 aromatic carbocycles. The van der Waals surface area contributed by atoms with Gasteiger partial charge in [-0.2, -0.15) is 0 Å². The second-order valence-corrected chi connectivity index (χ2v) is 19.2. The van der Waals surface area contributed by atoms with E-state index in [1.54, 1.807) is 0 Å². The number of fused-ring (bicyclic) bond motifs is 12. The fourth-order valence-corrected chi connectivity index (χ4v) is 13.9. The van der Waals surface area contributed by atoms with Gasteiger partial charge in [-0.1, -0.05) is 170 Å². The largest absolute Gasteiger partial charge is 0.0795 e. The van der Waals surface area contributed by atoms with Crippen molar-refractivity contribution in [2.45, 2.75) is 31.1 Å². The Balaban J connectivity index is 1.13. The average Bonchev–Trinajstić information content (AvgIpc) is 3.83. The highest BCUT2D eigenvalue weighted by Gasteiger charge is 2.51. The molecule has 0 aliphatic heterocycles. The summed E-state index contributed by atoms with van der Waals surface area (Å²) in [4.78, 5) is 0. The minimum absolute atomic E-state index is 0.456. The fourth-order valence-electron chi connectivity index (χ4n) is 13.9. The van der Waals surface area contributed by atoms with Crippen molar-refractivity contribution in [3.63, 3.8) is 0 Å². The van der Waals surface area contributed by atoms with E-state index in [4.69, 9.17) is 0 Å². The summed E-state index contributed by atoms with van der Waals surface area (Å²) in [6.07, 6.45) is 18.4. The SMILES string of the molecule is C1=Cc2cc(-c3c4ccccc4c(-c4cc5c6c7c(cccc47)CC=C6CC=C5)c4cc5c(cc34)-c3ccccc3C53c4ccccc4-c4ccccc43)c3cccc4c3c2C(=CC4)C1. The Bertz CT molecular complexity index is 4000. The van der Waals surface area contributed by atoms with Crippen molar-refractivity contribution in [3.8, 4) is 44.5 Å². The average molecular weight is 821 g/mol. The summed E-state index contributed by atoms with van der Waals surface area (Å²) in [5, 5.41) is 10.8. The van der Waals surface area contributed by atoms with Gasteiger partial charge in [-0.3, -0.25) is 0 Å². The van der Waals surface area contributed by atoms with E-state index in [0.29, 0.717) is 0 Å². The summed E-state index contributed by atoms with van der Waals surface area (Å²) in [7, 11) is 0. The minimum atomic E-state index is -0.456. The van der Waals surface area contributed by atoms with Gasteiger partial charge in [-0.15, -0.1) is 0 Å². The smallest absolute Gasteiger partial charge is 0.0725 e. The second-order valence-electron chi connectivity index (χ2n) is 19.2. The van der Waals surface area contributed by atoms with Gasteiger partial charge in [0.1, 0.15) is 0 Å². The van der Waals surface area contributed by atoms with Crippen LogP contribution in [0.3, 0.4) is 0 Å². The Labute approximate surface area is 377 Å². The molecular weight excluding hydrogens is 781 g/mol. The number of benzene rings is 10. The minimum Gasteiger partial charge on any atom is -0.0795 e. The van der Waals surface area contributed by atoms with Crippen molar-refractivity contribution < 1.29 is 0 Å². The monoisotopic (exact) mass is 820 g/mol. The van der Waals surface area contributed by atoms with E-state index in [2.05, 4.69) is 194 Å². The van der Waals surface area contributed by atoms with Gasteiger partial charge in [0.25, 0.3) is 0 Å². The lowest BCUT2D eigenvalue weighted by atomic mass is 9.70. The molecule has 0 aromatic heterocycles. The fraction of sp³-hybridized carbons (Fsp3) is 0.0769. The third-order valence-corrected chi connectivity index (χ3v) is 16.3. The van der Waals surface area contributed by atoms with Crippen molar-refractivity contribution in [1.29, 1.82) is 0 Å². The standard InChI is InChI=1S/C65H40/c1-2-23-47-46(22-1)63(51-33-41-17-9-13-37-29-31-39-15-11-24-48(51)61(39)59(37)41)53-35-50-45-21-5-8-28-57(45)65(55-26-6-3-19-43(55)44-20-4-7-27-56(44)65)58(50)36-54(53)64(47)52-34-42-18-10-14-38-30-32-40-16-12-25-49(52)62(40)60(38)42/h1-12,15-30,33-36H,13-14,31-32H2. The van der Waals surface area contributed by atoms with E-state index in [1.165, 1.54) is 154 Å². The van der Waals surface area contributed by atoms with Crippen LogP contribution >= 0.6 is 0 Å². The highest BCUT2D eigenvalue weighted by Crippen LogP contribution is 2.64. The Morgan fingerprint density at radius 2 is 0.754 bits per heavy atom. The van der Waals surface area contributed by atoms with Crippen LogP contribution in [0.4, 0.5) is 0 Å². The van der Waals surface area contributed by atoms with Crippen LogP contribution in [0.1, 0.15) is 68.5 Å².